The summed E-state index contributed by atoms with van der Waals surface area (Å²) in [5, 5.41) is 18.2. The van der Waals surface area contributed by atoms with Crippen LogP contribution in [0.15, 0.2) is 65.8 Å². The summed E-state index contributed by atoms with van der Waals surface area (Å²) >= 11 is 13.0. The second-order valence-corrected chi connectivity index (χ2v) is 8.14. The number of amides is 2. The topological polar surface area (TPSA) is 64.9 Å². The Balaban J connectivity index is 1.48. The Morgan fingerprint density at radius 3 is 1.90 bits per heavy atom. The summed E-state index contributed by atoms with van der Waals surface area (Å²) < 4.78 is 0. The fraction of sp³-hybridized carbons (Fsp3) is 0.167. The average Bonchev–Trinajstić information content (AvgIpc) is 2.78. The zero-order valence-electron chi connectivity index (χ0n) is 16.7. The van der Waals surface area contributed by atoms with Gasteiger partial charge in [0.15, 0.2) is 0 Å². The van der Waals surface area contributed by atoms with Crippen LogP contribution in [0.25, 0.3) is 0 Å². The molecule has 0 radical (unpaired) electrons. The molecule has 1 heterocycles. The SMILES string of the molecule is O=C1NCC=NN1c1cc(Cl)c(Cc2ccc(Cc3ccc(CO)cc3)cc2)c(Cl)c1. The molecule has 0 unspecified atom stereocenters. The fourth-order valence-electron chi connectivity index (χ4n) is 3.42. The molecule has 0 aromatic heterocycles. The third-order valence-electron chi connectivity index (χ3n) is 5.12. The van der Waals surface area contributed by atoms with E-state index in [-0.39, 0.29) is 12.6 Å². The molecular formula is C24H21Cl2N3O2. The van der Waals surface area contributed by atoms with Crippen LogP contribution in [-0.4, -0.2) is 23.9 Å². The molecule has 158 valence electrons. The van der Waals surface area contributed by atoms with E-state index in [0.717, 1.165) is 23.1 Å². The van der Waals surface area contributed by atoms with Gasteiger partial charge in [0.2, 0.25) is 0 Å². The molecule has 1 aliphatic heterocycles. The molecule has 2 N–H and O–H groups in total. The highest BCUT2D eigenvalue weighted by Gasteiger charge is 2.20. The second kappa shape index (κ2) is 9.52. The smallest absolute Gasteiger partial charge is 0.342 e. The summed E-state index contributed by atoms with van der Waals surface area (Å²) in [6.45, 7) is 0.457. The number of hydrogen-bond acceptors (Lipinski definition) is 3. The lowest BCUT2D eigenvalue weighted by Gasteiger charge is -2.22. The predicted molar refractivity (Wildman–Crippen MR) is 125 cm³/mol. The highest BCUT2D eigenvalue weighted by atomic mass is 35.5. The van der Waals surface area contributed by atoms with Crippen molar-refractivity contribution in [1.82, 2.24) is 5.32 Å². The third-order valence-corrected chi connectivity index (χ3v) is 5.80. The van der Waals surface area contributed by atoms with Crippen molar-refractivity contribution < 1.29 is 9.90 Å². The summed E-state index contributed by atoms with van der Waals surface area (Å²) in [6, 6.07) is 19.4. The average molecular weight is 454 g/mol. The Bertz CT molecular complexity index is 1090. The van der Waals surface area contributed by atoms with Gasteiger partial charge in [0.05, 0.1) is 18.8 Å². The fourth-order valence-corrected chi connectivity index (χ4v) is 4.03. The van der Waals surface area contributed by atoms with Crippen molar-refractivity contribution in [3.8, 4) is 0 Å². The maximum absolute atomic E-state index is 12.0. The minimum atomic E-state index is -0.316. The van der Waals surface area contributed by atoms with Gasteiger partial charge in [0.25, 0.3) is 0 Å². The van der Waals surface area contributed by atoms with Gasteiger partial charge in [-0.05, 0) is 46.4 Å². The van der Waals surface area contributed by atoms with E-state index in [2.05, 4.69) is 34.7 Å². The molecule has 0 fully saturated rings. The molecule has 7 heteroatoms. The molecule has 5 nitrogen and oxygen atoms in total. The van der Waals surface area contributed by atoms with Gasteiger partial charge in [-0.25, -0.2) is 4.79 Å². The van der Waals surface area contributed by atoms with Crippen molar-refractivity contribution in [2.75, 3.05) is 11.6 Å². The molecule has 4 rings (SSSR count). The summed E-state index contributed by atoms with van der Waals surface area (Å²) in [6.07, 6.45) is 3.01. The van der Waals surface area contributed by atoms with Gasteiger partial charge in [-0.3, -0.25) is 0 Å². The first-order chi connectivity index (χ1) is 15.0. The van der Waals surface area contributed by atoms with Crippen molar-refractivity contribution in [2.24, 2.45) is 5.10 Å². The molecule has 0 aliphatic carbocycles. The quantitative estimate of drug-likeness (QED) is 0.539. The van der Waals surface area contributed by atoms with Crippen molar-refractivity contribution in [2.45, 2.75) is 19.4 Å². The highest BCUT2D eigenvalue weighted by Crippen LogP contribution is 2.33. The maximum atomic E-state index is 12.0. The molecule has 3 aromatic rings. The van der Waals surface area contributed by atoms with E-state index in [4.69, 9.17) is 28.3 Å². The van der Waals surface area contributed by atoms with E-state index in [1.807, 2.05) is 24.3 Å². The number of nitrogens with one attached hydrogen (secondary N) is 1. The first-order valence-corrected chi connectivity index (χ1v) is 10.6. The minimum absolute atomic E-state index is 0.0551. The number of rotatable bonds is 6. The molecule has 0 spiro atoms. The van der Waals surface area contributed by atoms with Crippen molar-refractivity contribution in [1.29, 1.82) is 0 Å². The predicted octanol–water partition coefficient (Wildman–Crippen LogP) is 5.18. The van der Waals surface area contributed by atoms with Crippen LogP contribution in [0.4, 0.5) is 10.5 Å². The third kappa shape index (κ3) is 5.07. The van der Waals surface area contributed by atoms with E-state index in [9.17, 15) is 4.79 Å². The van der Waals surface area contributed by atoms with Crippen LogP contribution >= 0.6 is 23.2 Å². The van der Waals surface area contributed by atoms with Crippen LogP contribution in [0.3, 0.4) is 0 Å². The standard InChI is InChI=1S/C24H21Cl2N3O2/c25-22-13-20(29-24(31)27-9-10-28-29)14-23(26)21(22)12-18-3-1-16(2-4-18)11-17-5-7-19(15-30)8-6-17/h1-8,10,13-14,30H,9,11-12,15H2,(H,27,31). The number of aliphatic hydroxyl groups excluding tert-OH is 1. The second-order valence-electron chi connectivity index (χ2n) is 7.33. The molecule has 31 heavy (non-hydrogen) atoms. The molecule has 0 atom stereocenters. The van der Waals surface area contributed by atoms with Gasteiger partial charge in [-0.15, -0.1) is 0 Å². The van der Waals surface area contributed by atoms with Crippen LogP contribution in [0.5, 0.6) is 0 Å². The number of urea groups is 1. The van der Waals surface area contributed by atoms with Gasteiger partial charge in [-0.2, -0.15) is 10.1 Å². The largest absolute Gasteiger partial charge is 0.392 e. The number of carbonyl (C=O) groups is 1. The number of nitrogens with zero attached hydrogens (tertiary/aromatic N) is 2. The minimum Gasteiger partial charge on any atom is -0.392 e. The van der Waals surface area contributed by atoms with Gasteiger partial charge in [0, 0.05) is 22.7 Å². The molecule has 0 saturated carbocycles. The van der Waals surface area contributed by atoms with Crippen LogP contribution in [0.2, 0.25) is 10.0 Å². The van der Waals surface area contributed by atoms with Gasteiger partial charge < -0.3 is 10.4 Å². The first-order valence-electron chi connectivity index (χ1n) is 9.88. The van der Waals surface area contributed by atoms with Gasteiger partial charge in [-0.1, -0.05) is 71.7 Å². The lowest BCUT2D eigenvalue weighted by molar-refractivity contribution is 0.247. The zero-order chi connectivity index (χ0) is 21.8. The Morgan fingerprint density at radius 1 is 0.871 bits per heavy atom. The van der Waals surface area contributed by atoms with Crippen LogP contribution < -0.4 is 10.3 Å². The van der Waals surface area contributed by atoms with E-state index >= 15 is 0 Å². The summed E-state index contributed by atoms with van der Waals surface area (Å²) in [7, 11) is 0. The van der Waals surface area contributed by atoms with Crippen LogP contribution in [-0.2, 0) is 19.4 Å². The molecular weight excluding hydrogens is 433 g/mol. The Kier molecular flexibility index (Phi) is 6.56. The maximum Gasteiger partial charge on any atom is 0.342 e. The normalized spacial score (nSPS) is 13.4. The number of halogens is 2. The summed E-state index contributed by atoms with van der Waals surface area (Å²) in [5.41, 5.74) is 5.71. The Hall–Kier alpha value is -2.86. The summed E-state index contributed by atoms with van der Waals surface area (Å²) in [4.78, 5) is 12.0. The number of anilines is 1. The Labute approximate surface area is 190 Å². The molecule has 0 saturated heterocycles. The van der Waals surface area contributed by atoms with Crippen molar-refractivity contribution in [3.05, 3.63) is 98.5 Å². The van der Waals surface area contributed by atoms with Crippen LogP contribution in [0, 0.1) is 0 Å². The molecule has 3 aromatic carbocycles. The number of hydrazone groups is 1. The van der Waals surface area contributed by atoms with Gasteiger partial charge >= 0.3 is 6.03 Å². The monoisotopic (exact) mass is 453 g/mol. The molecule has 0 bridgehead atoms. The number of aliphatic hydroxyl groups is 1. The zero-order valence-corrected chi connectivity index (χ0v) is 18.2. The lowest BCUT2D eigenvalue weighted by Crippen LogP contribution is -2.41. The highest BCUT2D eigenvalue weighted by molar-refractivity contribution is 6.36. The van der Waals surface area contributed by atoms with Crippen molar-refractivity contribution >= 4 is 41.1 Å². The van der Waals surface area contributed by atoms with Gasteiger partial charge in [0.1, 0.15) is 0 Å². The van der Waals surface area contributed by atoms with E-state index in [1.54, 1.807) is 18.3 Å². The molecule has 2 amide bonds. The number of hydrogen-bond donors (Lipinski definition) is 2. The lowest BCUT2D eigenvalue weighted by atomic mass is 9.99. The molecule has 1 aliphatic rings. The van der Waals surface area contributed by atoms with E-state index < -0.39 is 0 Å². The van der Waals surface area contributed by atoms with Crippen molar-refractivity contribution in [3.63, 3.8) is 0 Å². The number of benzene rings is 3. The Morgan fingerprint density at radius 2 is 1.39 bits per heavy atom. The van der Waals surface area contributed by atoms with E-state index in [0.29, 0.717) is 28.7 Å². The summed E-state index contributed by atoms with van der Waals surface area (Å²) in [5.74, 6) is 0. The first kappa shape index (κ1) is 21.4. The van der Waals surface area contributed by atoms with E-state index in [1.165, 1.54) is 16.1 Å². The van der Waals surface area contributed by atoms with Crippen LogP contribution in [0.1, 0.15) is 27.8 Å². The number of carbonyl (C=O) groups excluding carboxylic acids is 1.